The third kappa shape index (κ3) is 4.40. The van der Waals surface area contributed by atoms with Crippen LogP contribution in [0.15, 0.2) is 54.6 Å². The monoisotopic (exact) mass is 339 g/mol. The average Bonchev–Trinajstić information content (AvgIpc) is 3.11. The van der Waals surface area contributed by atoms with Gasteiger partial charge in [-0.25, -0.2) is 0 Å². The molecular weight excluding hydrogens is 314 g/mol. The van der Waals surface area contributed by atoms with E-state index in [1.807, 2.05) is 59.5 Å². The van der Waals surface area contributed by atoms with Crippen LogP contribution >= 0.6 is 0 Å². The van der Waals surface area contributed by atoms with E-state index in [1.54, 1.807) is 7.11 Å². The maximum atomic E-state index is 12.7. The Kier molecular flexibility index (Phi) is 5.71. The van der Waals surface area contributed by atoms with E-state index in [4.69, 9.17) is 4.74 Å². The maximum Gasteiger partial charge on any atom is 0.227 e. The van der Waals surface area contributed by atoms with Crippen molar-refractivity contribution in [2.24, 2.45) is 0 Å². The van der Waals surface area contributed by atoms with Gasteiger partial charge in [0.1, 0.15) is 5.75 Å². The number of hydrogen-bond donors (Lipinski definition) is 1. The van der Waals surface area contributed by atoms with Crippen LogP contribution in [0.3, 0.4) is 0 Å². The number of benzene rings is 2. The van der Waals surface area contributed by atoms with Crippen molar-refractivity contribution in [1.82, 2.24) is 4.90 Å². The summed E-state index contributed by atoms with van der Waals surface area (Å²) in [6.07, 6.45) is 2.42. The minimum atomic E-state index is -0.527. The second kappa shape index (κ2) is 8.17. The molecule has 2 aromatic rings. The predicted molar refractivity (Wildman–Crippen MR) is 97.5 cm³/mol. The number of methoxy groups -OCH3 is 1. The summed E-state index contributed by atoms with van der Waals surface area (Å²) in [7, 11) is 1.63. The zero-order valence-electron chi connectivity index (χ0n) is 14.6. The van der Waals surface area contributed by atoms with Gasteiger partial charge in [0, 0.05) is 12.6 Å². The Balaban J connectivity index is 1.61. The minimum absolute atomic E-state index is 0.112. The number of ether oxygens (including phenoxy) is 1. The highest BCUT2D eigenvalue weighted by molar-refractivity contribution is 5.79. The van der Waals surface area contributed by atoms with Crippen molar-refractivity contribution in [3.63, 3.8) is 0 Å². The Morgan fingerprint density at radius 3 is 2.60 bits per heavy atom. The van der Waals surface area contributed by atoms with Crippen LogP contribution in [0.5, 0.6) is 5.75 Å². The third-order valence-corrected chi connectivity index (χ3v) is 4.89. The number of nitrogens with zero attached hydrogens (tertiary/aromatic N) is 1. The highest BCUT2D eigenvalue weighted by Crippen LogP contribution is 2.28. The number of amides is 1. The largest absolute Gasteiger partial charge is 0.497 e. The fourth-order valence-corrected chi connectivity index (χ4v) is 3.50. The standard InChI is InChI=1S/C21H25NO3/c1-25-19-11-9-16(10-12-19)14-21(24)22-13-5-8-18(22)15-20(23)17-6-3-2-4-7-17/h2-4,6-7,9-12,18,20,23H,5,8,13-15H2,1H3/t18-,20+/m1/s1. The molecule has 2 aromatic carbocycles. The number of hydrogen-bond acceptors (Lipinski definition) is 3. The summed E-state index contributed by atoms with van der Waals surface area (Å²) in [5, 5.41) is 10.5. The molecule has 4 nitrogen and oxygen atoms in total. The van der Waals surface area contributed by atoms with Crippen LogP contribution in [0.2, 0.25) is 0 Å². The predicted octanol–water partition coefficient (Wildman–Crippen LogP) is 3.35. The van der Waals surface area contributed by atoms with E-state index in [-0.39, 0.29) is 11.9 Å². The zero-order chi connectivity index (χ0) is 17.6. The molecule has 2 atom stereocenters. The summed E-state index contributed by atoms with van der Waals surface area (Å²) < 4.78 is 5.15. The first-order chi connectivity index (χ1) is 12.2. The topological polar surface area (TPSA) is 49.8 Å². The van der Waals surface area contributed by atoms with Crippen LogP contribution in [0.4, 0.5) is 0 Å². The van der Waals surface area contributed by atoms with Gasteiger partial charge in [-0.05, 0) is 42.5 Å². The Hall–Kier alpha value is -2.33. The SMILES string of the molecule is COc1ccc(CC(=O)N2CCC[C@@H]2C[C@H](O)c2ccccc2)cc1. The highest BCUT2D eigenvalue weighted by atomic mass is 16.5. The molecule has 1 fully saturated rings. The second-order valence-corrected chi connectivity index (χ2v) is 6.57. The molecule has 25 heavy (non-hydrogen) atoms. The lowest BCUT2D eigenvalue weighted by Gasteiger charge is -2.27. The number of carbonyl (C=O) groups excluding carboxylic acids is 1. The first kappa shape index (κ1) is 17.5. The van der Waals surface area contributed by atoms with Gasteiger partial charge in [0.15, 0.2) is 0 Å². The van der Waals surface area contributed by atoms with E-state index in [2.05, 4.69) is 0 Å². The molecule has 1 heterocycles. The molecule has 0 unspecified atom stereocenters. The van der Waals surface area contributed by atoms with Gasteiger partial charge in [-0.15, -0.1) is 0 Å². The molecule has 1 amide bonds. The fourth-order valence-electron chi connectivity index (χ4n) is 3.50. The first-order valence-corrected chi connectivity index (χ1v) is 8.83. The van der Waals surface area contributed by atoms with Crippen LogP contribution < -0.4 is 4.74 Å². The molecular formula is C21H25NO3. The summed E-state index contributed by atoms with van der Waals surface area (Å²) in [5.74, 6) is 0.925. The third-order valence-electron chi connectivity index (χ3n) is 4.89. The molecule has 0 bridgehead atoms. The number of rotatable bonds is 6. The van der Waals surface area contributed by atoms with Gasteiger partial charge in [0.25, 0.3) is 0 Å². The molecule has 4 heteroatoms. The van der Waals surface area contributed by atoms with E-state index in [0.29, 0.717) is 12.8 Å². The van der Waals surface area contributed by atoms with Crippen molar-refractivity contribution < 1.29 is 14.6 Å². The van der Waals surface area contributed by atoms with Crippen molar-refractivity contribution in [3.05, 3.63) is 65.7 Å². The van der Waals surface area contributed by atoms with Crippen molar-refractivity contribution in [3.8, 4) is 5.75 Å². The molecule has 0 radical (unpaired) electrons. The van der Waals surface area contributed by atoms with Gasteiger partial charge in [0.2, 0.25) is 5.91 Å². The summed E-state index contributed by atoms with van der Waals surface area (Å²) in [6, 6.07) is 17.4. The molecule has 1 saturated heterocycles. The number of aliphatic hydroxyl groups is 1. The van der Waals surface area contributed by atoms with Crippen LogP contribution in [0, 0.1) is 0 Å². The molecule has 132 valence electrons. The van der Waals surface area contributed by atoms with E-state index >= 15 is 0 Å². The van der Waals surface area contributed by atoms with Gasteiger partial charge < -0.3 is 14.7 Å². The Morgan fingerprint density at radius 2 is 1.92 bits per heavy atom. The Bertz CT molecular complexity index is 684. The molecule has 1 N–H and O–H groups in total. The molecule has 0 aromatic heterocycles. The molecule has 0 saturated carbocycles. The Labute approximate surface area is 149 Å². The molecule has 3 rings (SSSR count). The second-order valence-electron chi connectivity index (χ2n) is 6.57. The highest BCUT2D eigenvalue weighted by Gasteiger charge is 2.30. The van der Waals surface area contributed by atoms with Crippen LogP contribution in [0.1, 0.15) is 36.5 Å². The summed E-state index contributed by atoms with van der Waals surface area (Å²) in [4.78, 5) is 14.7. The molecule has 1 aliphatic rings. The first-order valence-electron chi connectivity index (χ1n) is 8.83. The van der Waals surface area contributed by atoms with E-state index in [0.717, 1.165) is 36.3 Å². The van der Waals surface area contributed by atoms with Crippen molar-refractivity contribution >= 4 is 5.91 Å². The Morgan fingerprint density at radius 1 is 1.20 bits per heavy atom. The fraction of sp³-hybridized carbons (Fsp3) is 0.381. The minimum Gasteiger partial charge on any atom is -0.497 e. The normalized spacial score (nSPS) is 18.2. The van der Waals surface area contributed by atoms with Gasteiger partial charge in [-0.3, -0.25) is 4.79 Å². The van der Waals surface area contributed by atoms with Gasteiger partial charge in [-0.1, -0.05) is 42.5 Å². The molecule has 1 aliphatic heterocycles. The van der Waals surface area contributed by atoms with Crippen molar-refractivity contribution in [2.45, 2.75) is 37.8 Å². The van der Waals surface area contributed by atoms with Crippen LogP contribution in [-0.2, 0) is 11.2 Å². The van der Waals surface area contributed by atoms with E-state index in [1.165, 1.54) is 0 Å². The summed E-state index contributed by atoms with van der Waals surface area (Å²) >= 11 is 0. The van der Waals surface area contributed by atoms with Crippen LogP contribution in [0.25, 0.3) is 0 Å². The number of carbonyl (C=O) groups is 1. The quantitative estimate of drug-likeness (QED) is 0.878. The van der Waals surface area contributed by atoms with Gasteiger partial charge >= 0.3 is 0 Å². The number of likely N-dealkylation sites (tertiary alicyclic amines) is 1. The smallest absolute Gasteiger partial charge is 0.227 e. The lowest BCUT2D eigenvalue weighted by molar-refractivity contribution is -0.131. The van der Waals surface area contributed by atoms with E-state index in [9.17, 15) is 9.90 Å². The summed E-state index contributed by atoms with van der Waals surface area (Å²) in [5.41, 5.74) is 1.90. The lowest BCUT2D eigenvalue weighted by atomic mass is 10.00. The van der Waals surface area contributed by atoms with Crippen molar-refractivity contribution in [2.75, 3.05) is 13.7 Å². The number of aliphatic hydroxyl groups excluding tert-OH is 1. The van der Waals surface area contributed by atoms with Gasteiger partial charge in [0.05, 0.1) is 19.6 Å². The van der Waals surface area contributed by atoms with Gasteiger partial charge in [-0.2, -0.15) is 0 Å². The molecule has 0 spiro atoms. The maximum absolute atomic E-state index is 12.7. The van der Waals surface area contributed by atoms with Crippen molar-refractivity contribution in [1.29, 1.82) is 0 Å². The zero-order valence-corrected chi connectivity index (χ0v) is 14.6. The van der Waals surface area contributed by atoms with Crippen LogP contribution in [-0.4, -0.2) is 35.6 Å². The molecule has 0 aliphatic carbocycles. The average molecular weight is 339 g/mol. The summed E-state index contributed by atoms with van der Waals surface area (Å²) in [6.45, 7) is 0.779. The van der Waals surface area contributed by atoms with E-state index < -0.39 is 6.10 Å². The lowest BCUT2D eigenvalue weighted by Crippen LogP contribution is -2.37.